The predicted octanol–water partition coefficient (Wildman–Crippen LogP) is 1.37. The monoisotopic (exact) mass is 340 g/mol. The van der Waals surface area contributed by atoms with Crippen molar-refractivity contribution in [1.82, 2.24) is 25.3 Å². The molecule has 1 atom stereocenters. The second-order valence-corrected chi connectivity index (χ2v) is 5.75. The molecule has 0 spiro atoms. The third-order valence-electron chi connectivity index (χ3n) is 3.60. The average molecular weight is 340 g/mol. The first kappa shape index (κ1) is 16.7. The topological polar surface area (TPSA) is 96.0 Å². The number of nitrogens with one attached hydrogen (secondary N) is 2. The van der Waals surface area contributed by atoms with Crippen molar-refractivity contribution in [2.24, 2.45) is 0 Å². The van der Waals surface area contributed by atoms with Crippen LogP contribution in [-0.2, 0) is 4.79 Å². The van der Waals surface area contributed by atoms with E-state index in [4.69, 9.17) is 4.74 Å². The number of aromatic amines is 1. The largest absolute Gasteiger partial charge is 0.491 e. The third kappa shape index (κ3) is 4.23. The van der Waals surface area contributed by atoms with Gasteiger partial charge in [0.1, 0.15) is 24.2 Å². The highest BCUT2D eigenvalue weighted by Gasteiger charge is 2.15. The van der Waals surface area contributed by atoms with Gasteiger partial charge < -0.3 is 19.9 Å². The van der Waals surface area contributed by atoms with Gasteiger partial charge in [0, 0.05) is 7.05 Å². The van der Waals surface area contributed by atoms with Crippen LogP contribution in [0.5, 0.6) is 5.75 Å². The Bertz CT molecular complexity index is 835. The lowest BCUT2D eigenvalue weighted by atomic mass is 10.3. The lowest BCUT2D eigenvalue weighted by Crippen LogP contribution is -2.42. The van der Waals surface area contributed by atoms with E-state index in [0.717, 1.165) is 5.75 Å². The first-order valence-electron chi connectivity index (χ1n) is 7.96. The van der Waals surface area contributed by atoms with Gasteiger partial charge in [0.15, 0.2) is 11.5 Å². The summed E-state index contributed by atoms with van der Waals surface area (Å²) in [7, 11) is 1.80. The summed E-state index contributed by atoms with van der Waals surface area (Å²) in [5.74, 6) is 1.30. The van der Waals surface area contributed by atoms with E-state index in [1.807, 2.05) is 37.3 Å². The van der Waals surface area contributed by atoms with Gasteiger partial charge in [-0.1, -0.05) is 18.2 Å². The normalized spacial score (nSPS) is 11.9. The number of hydrogen-bond acceptors (Lipinski definition) is 6. The van der Waals surface area contributed by atoms with Crippen LogP contribution in [0.3, 0.4) is 0 Å². The highest BCUT2D eigenvalue weighted by atomic mass is 16.5. The number of likely N-dealkylation sites (N-methyl/N-ethyl adjacent to an activating group) is 1. The van der Waals surface area contributed by atoms with Gasteiger partial charge in [-0.25, -0.2) is 15.0 Å². The van der Waals surface area contributed by atoms with Crippen molar-refractivity contribution in [2.45, 2.75) is 13.0 Å². The third-order valence-corrected chi connectivity index (χ3v) is 3.60. The summed E-state index contributed by atoms with van der Waals surface area (Å²) in [6.45, 7) is 2.47. The molecule has 25 heavy (non-hydrogen) atoms. The van der Waals surface area contributed by atoms with Gasteiger partial charge in [-0.3, -0.25) is 4.79 Å². The molecular weight excluding hydrogens is 320 g/mol. The summed E-state index contributed by atoms with van der Waals surface area (Å²) in [5.41, 5.74) is 1.28. The average Bonchev–Trinajstić information content (AvgIpc) is 3.09. The van der Waals surface area contributed by atoms with E-state index in [9.17, 15) is 4.79 Å². The number of para-hydroxylation sites is 1. The van der Waals surface area contributed by atoms with Crippen molar-refractivity contribution in [2.75, 3.05) is 25.1 Å². The first-order valence-corrected chi connectivity index (χ1v) is 7.96. The number of anilines is 1. The molecule has 130 valence electrons. The molecule has 0 unspecified atom stereocenters. The molecule has 2 heterocycles. The number of nitrogens with zero attached hydrogens (tertiary/aromatic N) is 4. The molecule has 0 aliphatic heterocycles. The molecule has 0 radical (unpaired) electrons. The van der Waals surface area contributed by atoms with Crippen LogP contribution in [0.15, 0.2) is 43.0 Å². The maximum atomic E-state index is 12.2. The number of ether oxygens (including phenoxy) is 1. The van der Waals surface area contributed by atoms with Crippen molar-refractivity contribution in [3.8, 4) is 5.75 Å². The van der Waals surface area contributed by atoms with Crippen LogP contribution >= 0.6 is 0 Å². The molecule has 0 aliphatic rings. The summed E-state index contributed by atoms with van der Waals surface area (Å²) in [6, 6.07) is 9.40. The number of carbonyl (C=O) groups excluding carboxylic acids is 1. The van der Waals surface area contributed by atoms with Gasteiger partial charge >= 0.3 is 0 Å². The van der Waals surface area contributed by atoms with E-state index < -0.39 is 0 Å². The highest BCUT2D eigenvalue weighted by Crippen LogP contribution is 2.17. The molecular formula is C17H20N6O2. The number of imidazole rings is 1. The summed E-state index contributed by atoms with van der Waals surface area (Å²) in [6.07, 6.45) is 2.99. The number of benzene rings is 1. The Labute approximate surface area is 145 Å². The molecule has 3 aromatic rings. The molecule has 2 aromatic heterocycles. The number of H-pyrrole nitrogens is 1. The molecule has 1 amide bonds. The number of aromatic nitrogens is 4. The predicted molar refractivity (Wildman–Crippen MR) is 94.5 cm³/mol. The maximum absolute atomic E-state index is 12.2. The maximum Gasteiger partial charge on any atom is 0.239 e. The summed E-state index contributed by atoms with van der Waals surface area (Å²) in [4.78, 5) is 29.4. The zero-order valence-corrected chi connectivity index (χ0v) is 14.1. The Morgan fingerprint density at radius 2 is 2.08 bits per heavy atom. The first-order chi connectivity index (χ1) is 12.1. The molecule has 2 N–H and O–H groups in total. The van der Waals surface area contributed by atoms with Crippen molar-refractivity contribution >= 4 is 22.9 Å². The SMILES string of the molecule is C[C@@H](COc1ccccc1)NC(=O)CN(C)c1ncnc2nc[nH]c12. The van der Waals surface area contributed by atoms with E-state index in [-0.39, 0.29) is 18.5 Å². The summed E-state index contributed by atoms with van der Waals surface area (Å²) < 4.78 is 5.64. The molecule has 3 rings (SSSR count). The smallest absolute Gasteiger partial charge is 0.239 e. The van der Waals surface area contributed by atoms with Crippen molar-refractivity contribution in [1.29, 1.82) is 0 Å². The quantitative estimate of drug-likeness (QED) is 0.674. The van der Waals surface area contributed by atoms with E-state index in [0.29, 0.717) is 23.6 Å². The Morgan fingerprint density at radius 1 is 1.28 bits per heavy atom. The molecule has 0 saturated carbocycles. The fraction of sp³-hybridized carbons (Fsp3) is 0.294. The minimum atomic E-state index is -0.113. The molecule has 0 aliphatic carbocycles. The van der Waals surface area contributed by atoms with Crippen LogP contribution in [0, 0.1) is 0 Å². The van der Waals surface area contributed by atoms with Crippen molar-refractivity contribution in [3.05, 3.63) is 43.0 Å². The lowest BCUT2D eigenvalue weighted by molar-refractivity contribution is -0.120. The molecule has 8 nitrogen and oxygen atoms in total. The molecule has 0 bridgehead atoms. The van der Waals surface area contributed by atoms with Crippen LogP contribution in [0.1, 0.15) is 6.92 Å². The minimum Gasteiger partial charge on any atom is -0.491 e. The Hall–Kier alpha value is -3.16. The van der Waals surface area contributed by atoms with Crippen LogP contribution in [-0.4, -0.2) is 52.1 Å². The number of hydrogen-bond donors (Lipinski definition) is 2. The second kappa shape index (κ2) is 7.61. The Kier molecular flexibility index (Phi) is 5.08. The van der Waals surface area contributed by atoms with E-state index in [1.54, 1.807) is 18.3 Å². The Morgan fingerprint density at radius 3 is 2.88 bits per heavy atom. The van der Waals surface area contributed by atoms with E-state index in [1.165, 1.54) is 6.33 Å². The number of fused-ring (bicyclic) bond motifs is 1. The summed E-state index contributed by atoms with van der Waals surface area (Å²) in [5, 5.41) is 2.92. The van der Waals surface area contributed by atoms with Crippen LogP contribution in [0.2, 0.25) is 0 Å². The number of carbonyl (C=O) groups is 1. The molecule has 0 saturated heterocycles. The van der Waals surface area contributed by atoms with Crippen molar-refractivity contribution < 1.29 is 9.53 Å². The van der Waals surface area contributed by atoms with Gasteiger partial charge in [0.2, 0.25) is 5.91 Å². The van der Waals surface area contributed by atoms with Gasteiger partial charge in [0.25, 0.3) is 0 Å². The zero-order chi connectivity index (χ0) is 17.6. The zero-order valence-electron chi connectivity index (χ0n) is 14.1. The van der Waals surface area contributed by atoms with Crippen LogP contribution < -0.4 is 15.0 Å². The van der Waals surface area contributed by atoms with Crippen molar-refractivity contribution in [3.63, 3.8) is 0 Å². The number of amides is 1. The summed E-state index contributed by atoms with van der Waals surface area (Å²) >= 11 is 0. The van der Waals surface area contributed by atoms with Gasteiger partial charge in [0.05, 0.1) is 18.9 Å². The van der Waals surface area contributed by atoms with Crippen LogP contribution in [0.25, 0.3) is 11.2 Å². The van der Waals surface area contributed by atoms with Crippen LogP contribution in [0.4, 0.5) is 5.82 Å². The molecule has 8 heteroatoms. The second-order valence-electron chi connectivity index (χ2n) is 5.75. The van der Waals surface area contributed by atoms with E-state index >= 15 is 0 Å². The lowest BCUT2D eigenvalue weighted by Gasteiger charge is -2.20. The fourth-order valence-electron chi connectivity index (χ4n) is 2.43. The van der Waals surface area contributed by atoms with E-state index in [2.05, 4.69) is 25.3 Å². The highest BCUT2D eigenvalue weighted by molar-refractivity contribution is 5.87. The standard InChI is InChI=1S/C17H20N6O2/c1-12(9-25-13-6-4-3-5-7-13)22-14(24)8-23(2)17-15-16(19-10-18-15)20-11-21-17/h3-7,10-12H,8-9H2,1-2H3,(H,22,24)(H,18,19,20,21)/t12-/m0/s1. The number of rotatable bonds is 7. The Balaban J connectivity index is 1.52. The minimum absolute atomic E-state index is 0.112. The molecule has 0 fully saturated rings. The van der Waals surface area contributed by atoms with Gasteiger partial charge in [-0.15, -0.1) is 0 Å². The fourth-order valence-corrected chi connectivity index (χ4v) is 2.43. The molecule has 1 aromatic carbocycles. The van der Waals surface area contributed by atoms with Gasteiger partial charge in [-0.2, -0.15) is 0 Å². The van der Waals surface area contributed by atoms with Gasteiger partial charge in [-0.05, 0) is 19.1 Å².